The molecule has 1 saturated heterocycles. The molecular weight excluding hydrogens is 215 g/mol. The minimum Gasteiger partial charge on any atom is -0.330 e. The molecule has 0 aliphatic carbocycles. The number of halogens is 1. The molecule has 2 rings (SSSR count). The zero-order valence-corrected chi connectivity index (χ0v) is 10.6. The molecule has 0 radical (unpaired) electrons. The van der Waals surface area contributed by atoms with Crippen LogP contribution in [-0.2, 0) is 6.54 Å². The molecule has 1 aromatic rings. The molecule has 0 amide bonds. The van der Waals surface area contributed by atoms with Gasteiger partial charge in [-0.1, -0.05) is 12.1 Å². The highest BCUT2D eigenvalue weighted by Crippen LogP contribution is 2.24. The molecule has 1 fully saturated rings. The van der Waals surface area contributed by atoms with Gasteiger partial charge < -0.3 is 5.73 Å². The van der Waals surface area contributed by atoms with Crippen LogP contribution in [0.4, 0.5) is 4.39 Å². The lowest BCUT2D eigenvalue weighted by Crippen LogP contribution is -2.27. The Morgan fingerprint density at radius 3 is 2.82 bits per heavy atom. The van der Waals surface area contributed by atoms with Crippen molar-refractivity contribution in [3.63, 3.8) is 0 Å². The topological polar surface area (TPSA) is 29.3 Å². The van der Waals surface area contributed by atoms with Crippen molar-refractivity contribution in [2.24, 2.45) is 11.7 Å². The summed E-state index contributed by atoms with van der Waals surface area (Å²) in [6.07, 6.45) is 1.18. The lowest BCUT2D eigenvalue weighted by Gasteiger charge is -2.21. The maximum Gasteiger partial charge on any atom is 0.126 e. The molecule has 0 saturated carbocycles. The second-order valence-electron chi connectivity index (χ2n) is 5.20. The molecule has 2 unspecified atom stereocenters. The first kappa shape index (κ1) is 12.5. The zero-order chi connectivity index (χ0) is 12.4. The monoisotopic (exact) mass is 236 g/mol. The van der Waals surface area contributed by atoms with E-state index in [1.165, 1.54) is 12.0 Å². The summed E-state index contributed by atoms with van der Waals surface area (Å²) >= 11 is 0. The van der Waals surface area contributed by atoms with E-state index in [0.717, 1.165) is 25.2 Å². The van der Waals surface area contributed by atoms with Gasteiger partial charge in [0.1, 0.15) is 5.82 Å². The van der Waals surface area contributed by atoms with Crippen molar-refractivity contribution in [2.45, 2.75) is 32.9 Å². The Balaban J connectivity index is 2.03. The van der Waals surface area contributed by atoms with E-state index < -0.39 is 0 Å². The molecule has 2 atom stereocenters. The van der Waals surface area contributed by atoms with Crippen molar-refractivity contribution in [2.75, 3.05) is 13.1 Å². The first-order valence-corrected chi connectivity index (χ1v) is 6.29. The third-order valence-corrected chi connectivity index (χ3v) is 3.73. The van der Waals surface area contributed by atoms with Crippen LogP contribution in [0, 0.1) is 18.7 Å². The summed E-state index contributed by atoms with van der Waals surface area (Å²) in [6, 6.07) is 5.96. The minimum atomic E-state index is -0.122. The molecule has 1 aliphatic rings. The molecule has 1 heterocycles. The number of hydrogen-bond donors (Lipinski definition) is 1. The van der Waals surface area contributed by atoms with Crippen molar-refractivity contribution >= 4 is 0 Å². The maximum atomic E-state index is 13.2. The molecule has 2 nitrogen and oxygen atoms in total. The van der Waals surface area contributed by atoms with E-state index in [2.05, 4.69) is 11.8 Å². The summed E-state index contributed by atoms with van der Waals surface area (Å²) in [6.45, 7) is 6.79. The first-order chi connectivity index (χ1) is 8.10. The van der Waals surface area contributed by atoms with Crippen LogP contribution in [0.15, 0.2) is 18.2 Å². The number of benzene rings is 1. The number of nitrogens with zero attached hydrogens (tertiary/aromatic N) is 1. The maximum absolute atomic E-state index is 13.2. The van der Waals surface area contributed by atoms with Gasteiger partial charge >= 0.3 is 0 Å². The standard InChI is InChI=1S/C14H21FN2/c1-10-5-12(3-4-14(10)15)8-17-9-13(7-16)6-11(17)2/h3-5,11,13H,6-9,16H2,1-2H3. The molecule has 3 heteroatoms. The number of nitrogens with two attached hydrogens (primary N) is 1. The number of hydrogen-bond acceptors (Lipinski definition) is 2. The van der Waals surface area contributed by atoms with Crippen molar-refractivity contribution in [3.8, 4) is 0 Å². The predicted octanol–water partition coefficient (Wildman–Crippen LogP) is 2.30. The van der Waals surface area contributed by atoms with Crippen LogP contribution in [0.3, 0.4) is 0 Å². The SMILES string of the molecule is Cc1cc(CN2CC(CN)CC2C)ccc1F. The Morgan fingerprint density at radius 2 is 2.24 bits per heavy atom. The molecule has 1 aliphatic heterocycles. The van der Waals surface area contributed by atoms with Gasteiger partial charge in [0.05, 0.1) is 0 Å². The van der Waals surface area contributed by atoms with Gasteiger partial charge in [-0.05, 0) is 49.9 Å². The Morgan fingerprint density at radius 1 is 1.47 bits per heavy atom. The summed E-state index contributed by atoms with van der Waals surface area (Å²) in [5.74, 6) is 0.495. The largest absolute Gasteiger partial charge is 0.330 e. The Labute approximate surface area is 103 Å². The minimum absolute atomic E-state index is 0.122. The van der Waals surface area contributed by atoms with Crippen LogP contribution in [-0.4, -0.2) is 24.0 Å². The predicted molar refractivity (Wildman–Crippen MR) is 68.2 cm³/mol. The van der Waals surface area contributed by atoms with Crippen LogP contribution in [0.5, 0.6) is 0 Å². The number of rotatable bonds is 3. The quantitative estimate of drug-likeness (QED) is 0.872. The zero-order valence-electron chi connectivity index (χ0n) is 10.6. The van der Waals surface area contributed by atoms with E-state index in [9.17, 15) is 4.39 Å². The van der Waals surface area contributed by atoms with E-state index in [1.807, 2.05) is 19.1 Å². The van der Waals surface area contributed by atoms with Gasteiger partial charge in [0.25, 0.3) is 0 Å². The molecule has 17 heavy (non-hydrogen) atoms. The summed E-state index contributed by atoms with van der Waals surface area (Å²) < 4.78 is 13.2. The van der Waals surface area contributed by atoms with Gasteiger partial charge in [-0.3, -0.25) is 4.90 Å². The third-order valence-electron chi connectivity index (χ3n) is 3.73. The van der Waals surface area contributed by atoms with Crippen molar-refractivity contribution in [1.29, 1.82) is 0 Å². The van der Waals surface area contributed by atoms with Crippen LogP contribution < -0.4 is 5.73 Å². The molecule has 2 N–H and O–H groups in total. The number of aryl methyl sites for hydroxylation is 1. The van der Waals surface area contributed by atoms with Crippen molar-refractivity contribution in [1.82, 2.24) is 4.90 Å². The second kappa shape index (κ2) is 5.15. The van der Waals surface area contributed by atoms with Gasteiger partial charge in [-0.2, -0.15) is 0 Å². The molecule has 0 bridgehead atoms. The highest BCUT2D eigenvalue weighted by atomic mass is 19.1. The van der Waals surface area contributed by atoms with Gasteiger partial charge in [0.2, 0.25) is 0 Å². The fourth-order valence-corrected chi connectivity index (χ4v) is 2.65. The average molecular weight is 236 g/mol. The van der Waals surface area contributed by atoms with Gasteiger partial charge in [0, 0.05) is 19.1 Å². The van der Waals surface area contributed by atoms with Gasteiger partial charge in [-0.15, -0.1) is 0 Å². The summed E-state index contributed by atoms with van der Waals surface area (Å²) in [5, 5.41) is 0. The number of likely N-dealkylation sites (tertiary alicyclic amines) is 1. The normalized spacial score (nSPS) is 25.4. The molecule has 0 spiro atoms. The van der Waals surface area contributed by atoms with Gasteiger partial charge in [0.15, 0.2) is 0 Å². The Kier molecular flexibility index (Phi) is 3.79. The van der Waals surface area contributed by atoms with E-state index in [0.29, 0.717) is 12.0 Å². The van der Waals surface area contributed by atoms with Crippen LogP contribution >= 0.6 is 0 Å². The van der Waals surface area contributed by atoms with Gasteiger partial charge in [-0.25, -0.2) is 4.39 Å². The average Bonchev–Trinajstić information content (AvgIpc) is 2.65. The second-order valence-corrected chi connectivity index (χ2v) is 5.20. The highest BCUT2D eigenvalue weighted by molar-refractivity contribution is 5.24. The Hall–Kier alpha value is -0.930. The van der Waals surface area contributed by atoms with E-state index >= 15 is 0 Å². The Bertz CT molecular complexity index is 392. The third kappa shape index (κ3) is 2.85. The van der Waals surface area contributed by atoms with E-state index in [4.69, 9.17) is 5.73 Å². The first-order valence-electron chi connectivity index (χ1n) is 6.29. The van der Waals surface area contributed by atoms with Crippen LogP contribution in [0.25, 0.3) is 0 Å². The van der Waals surface area contributed by atoms with Crippen molar-refractivity contribution in [3.05, 3.63) is 35.1 Å². The molecule has 1 aromatic carbocycles. The van der Waals surface area contributed by atoms with E-state index in [1.54, 1.807) is 6.07 Å². The van der Waals surface area contributed by atoms with Crippen molar-refractivity contribution < 1.29 is 4.39 Å². The molecule has 94 valence electrons. The highest BCUT2D eigenvalue weighted by Gasteiger charge is 2.27. The van der Waals surface area contributed by atoms with Crippen LogP contribution in [0.2, 0.25) is 0 Å². The fraction of sp³-hybridized carbons (Fsp3) is 0.571. The van der Waals surface area contributed by atoms with Crippen LogP contribution in [0.1, 0.15) is 24.5 Å². The van der Waals surface area contributed by atoms with E-state index in [-0.39, 0.29) is 5.82 Å². The summed E-state index contributed by atoms with van der Waals surface area (Å²) in [7, 11) is 0. The lowest BCUT2D eigenvalue weighted by atomic mass is 10.1. The smallest absolute Gasteiger partial charge is 0.126 e. The summed E-state index contributed by atoms with van der Waals surface area (Å²) in [4.78, 5) is 2.43. The lowest BCUT2D eigenvalue weighted by molar-refractivity contribution is 0.256. The molecular formula is C14H21FN2. The molecule has 0 aromatic heterocycles. The summed E-state index contributed by atoms with van der Waals surface area (Å²) in [5.41, 5.74) is 7.63. The fourth-order valence-electron chi connectivity index (χ4n) is 2.65.